The normalized spacial score (nSPS) is 12.1. The Balaban J connectivity index is 1.86. The van der Waals surface area contributed by atoms with Crippen LogP contribution < -0.4 is 9.62 Å². The van der Waals surface area contributed by atoms with Gasteiger partial charge in [-0.25, -0.2) is 8.42 Å². The second kappa shape index (κ2) is 15.0. The summed E-state index contributed by atoms with van der Waals surface area (Å²) < 4.78 is 27.3. The molecule has 0 bridgehead atoms. The van der Waals surface area contributed by atoms with Gasteiger partial charge < -0.3 is 10.2 Å². The van der Waals surface area contributed by atoms with Crippen LogP contribution in [0.15, 0.2) is 89.4 Å². The van der Waals surface area contributed by atoms with Gasteiger partial charge in [-0.15, -0.1) is 0 Å². The smallest absolute Gasteiger partial charge is 0.243 e. The van der Waals surface area contributed by atoms with Crippen molar-refractivity contribution in [2.45, 2.75) is 45.7 Å². The van der Waals surface area contributed by atoms with Crippen molar-refractivity contribution in [3.63, 3.8) is 0 Å². The van der Waals surface area contributed by atoms with Gasteiger partial charge in [-0.3, -0.25) is 13.9 Å². The van der Waals surface area contributed by atoms with E-state index in [0.29, 0.717) is 25.1 Å². The number of nitrogens with zero attached hydrogens (tertiary/aromatic N) is 2. The topological polar surface area (TPSA) is 86.8 Å². The molecule has 0 aliphatic heterocycles. The maximum absolute atomic E-state index is 13.8. The van der Waals surface area contributed by atoms with Crippen LogP contribution in [0.25, 0.3) is 0 Å². The molecule has 3 aromatic rings. The minimum absolute atomic E-state index is 0.0954. The SMILES string of the molecule is CC(C)CNC(=O)C(Cc1ccccc1)N(Cc1ccc(Br)cc1)C(=O)CCCN(c1ccccc1)S(C)(=O)=O. The summed E-state index contributed by atoms with van der Waals surface area (Å²) in [6.45, 7) is 4.97. The molecule has 0 heterocycles. The number of rotatable bonds is 14. The fraction of sp³-hybridized carbons (Fsp3) is 0.355. The van der Waals surface area contributed by atoms with Crippen LogP contribution in [0.1, 0.15) is 37.8 Å². The Labute approximate surface area is 246 Å². The van der Waals surface area contributed by atoms with Crippen molar-refractivity contribution >= 4 is 43.5 Å². The average Bonchev–Trinajstić information content (AvgIpc) is 2.93. The number of hydrogen-bond acceptors (Lipinski definition) is 4. The summed E-state index contributed by atoms with van der Waals surface area (Å²) in [6, 6.07) is 25.5. The zero-order valence-electron chi connectivity index (χ0n) is 23.3. The molecule has 0 saturated heterocycles. The molecular weight excluding hydrogens is 590 g/mol. The van der Waals surface area contributed by atoms with Crippen molar-refractivity contribution in [3.8, 4) is 0 Å². The van der Waals surface area contributed by atoms with Crippen molar-refractivity contribution in [1.29, 1.82) is 0 Å². The molecule has 2 amide bonds. The Morgan fingerprint density at radius 2 is 1.48 bits per heavy atom. The summed E-state index contributed by atoms with van der Waals surface area (Å²) in [7, 11) is -3.53. The van der Waals surface area contributed by atoms with Gasteiger partial charge in [0, 0.05) is 36.9 Å². The summed E-state index contributed by atoms with van der Waals surface area (Å²) in [5.74, 6) is -0.146. The van der Waals surface area contributed by atoms with E-state index in [4.69, 9.17) is 0 Å². The molecule has 0 aliphatic carbocycles. The molecule has 1 atom stereocenters. The third-order valence-corrected chi connectivity index (χ3v) is 8.14. The lowest BCUT2D eigenvalue weighted by Gasteiger charge is -2.32. The van der Waals surface area contributed by atoms with Gasteiger partial charge in [-0.05, 0) is 47.7 Å². The number of carbonyl (C=O) groups is 2. The van der Waals surface area contributed by atoms with Crippen molar-refractivity contribution in [2.75, 3.05) is 23.7 Å². The van der Waals surface area contributed by atoms with Gasteiger partial charge in [0.25, 0.3) is 0 Å². The van der Waals surface area contributed by atoms with E-state index >= 15 is 0 Å². The molecule has 0 aromatic heterocycles. The third kappa shape index (κ3) is 9.78. The van der Waals surface area contributed by atoms with Gasteiger partial charge in [0.1, 0.15) is 6.04 Å². The summed E-state index contributed by atoms with van der Waals surface area (Å²) in [5, 5.41) is 3.02. The molecular formula is C31H38BrN3O4S. The first-order valence-corrected chi connectivity index (χ1v) is 16.1. The molecule has 3 rings (SSSR count). The number of anilines is 1. The fourth-order valence-corrected chi connectivity index (χ4v) is 5.59. The van der Waals surface area contributed by atoms with Crippen LogP contribution in [0.2, 0.25) is 0 Å². The maximum Gasteiger partial charge on any atom is 0.243 e. The van der Waals surface area contributed by atoms with E-state index < -0.39 is 16.1 Å². The average molecular weight is 629 g/mol. The highest BCUT2D eigenvalue weighted by Gasteiger charge is 2.30. The number of carbonyl (C=O) groups excluding carboxylic acids is 2. The zero-order valence-corrected chi connectivity index (χ0v) is 25.7. The van der Waals surface area contributed by atoms with Crippen molar-refractivity contribution < 1.29 is 18.0 Å². The number of halogens is 1. The standard InChI is InChI=1S/C31H38BrN3O4S/c1-24(2)22-33-31(37)29(21-25-11-6-4-7-12-25)34(23-26-16-18-27(32)19-17-26)30(36)15-10-20-35(40(3,38)39)28-13-8-5-9-14-28/h4-9,11-14,16-19,24,29H,10,15,20-23H2,1-3H3,(H,33,37). The van der Waals surface area contributed by atoms with Crippen LogP contribution >= 0.6 is 15.9 Å². The second-order valence-corrected chi connectivity index (χ2v) is 13.1. The summed E-state index contributed by atoms with van der Waals surface area (Å²) in [6.07, 6.45) is 1.94. The van der Waals surface area contributed by atoms with E-state index in [2.05, 4.69) is 21.2 Å². The Bertz CT molecular complexity index is 1330. The highest BCUT2D eigenvalue weighted by Crippen LogP contribution is 2.20. The van der Waals surface area contributed by atoms with Gasteiger partial charge >= 0.3 is 0 Å². The molecule has 1 N–H and O–H groups in total. The molecule has 3 aromatic carbocycles. The molecule has 214 valence electrons. The molecule has 0 fully saturated rings. The lowest BCUT2D eigenvalue weighted by molar-refractivity contribution is -0.141. The highest BCUT2D eigenvalue weighted by atomic mass is 79.9. The van der Waals surface area contributed by atoms with E-state index in [9.17, 15) is 18.0 Å². The van der Waals surface area contributed by atoms with Gasteiger partial charge in [0.2, 0.25) is 21.8 Å². The molecule has 0 spiro atoms. The van der Waals surface area contributed by atoms with Crippen molar-refractivity contribution in [3.05, 3.63) is 101 Å². The van der Waals surface area contributed by atoms with E-state index in [1.54, 1.807) is 29.2 Å². The fourth-order valence-electron chi connectivity index (χ4n) is 4.36. The summed E-state index contributed by atoms with van der Waals surface area (Å²) in [5.41, 5.74) is 2.40. The van der Waals surface area contributed by atoms with Crippen LogP contribution in [-0.2, 0) is 32.6 Å². The van der Waals surface area contributed by atoms with Gasteiger partial charge in [-0.1, -0.05) is 90.4 Å². The lowest BCUT2D eigenvalue weighted by atomic mass is 10.0. The zero-order chi connectivity index (χ0) is 29.1. The van der Waals surface area contributed by atoms with Crippen molar-refractivity contribution in [2.24, 2.45) is 5.92 Å². The maximum atomic E-state index is 13.8. The Kier molecular flexibility index (Phi) is 11.8. The number of para-hydroxylation sites is 1. The predicted octanol–water partition coefficient (Wildman–Crippen LogP) is 5.41. The van der Waals surface area contributed by atoms with E-state index in [0.717, 1.165) is 21.9 Å². The molecule has 0 saturated carbocycles. The Morgan fingerprint density at radius 3 is 2.05 bits per heavy atom. The van der Waals surface area contributed by atoms with Crippen LogP contribution in [0.4, 0.5) is 5.69 Å². The molecule has 1 unspecified atom stereocenters. The van der Waals surface area contributed by atoms with Crippen LogP contribution in [0.5, 0.6) is 0 Å². The van der Waals surface area contributed by atoms with Gasteiger partial charge in [-0.2, -0.15) is 0 Å². The minimum Gasteiger partial charge on any atom is -0.354 e. The lowest BCUT2D eigenvalue weighted by Crippen LogP contribution is -2.51. The van der Waals surface area contributed by atoms with Crippen LogP contribution in [-0.4, -0.2) is 50.5 Å². The van der Waals surface area contributed by atoms with E-state index in [1.807, 2.05) is 74.5 Å². The number of nitrogens with one attached hydrogen (secondary N) is 1. The van der Waals surface area contributed by atoms with Crippen LogP contribution in [0.3, 0.4) is 0 Å². The molecule has 0 radical (unpaired) electrons. The number of sulfonamides is 1. The Hall–Kier alpha value is -3.17. The van der Waals surface area contributed by atoms with Gasteiger partial charge in [0.05, 0.1) is 11.9 Å². The molecule has 0 aliphatic rings. The minimum atomic E-state index is -3.53. The third-order valence-electron chi connectivity index (χ3n) is 6.42. The largest absolute Gasteiger partial charge is 0.354 e. The first-order chi connectivity index (χ1) is 19.0. The van der Waals surface area contributed by atoms with E-state index in [1.165, 1.54) is 4.31 Å². The first-order valence-electron chi connectivity index (χ1n) is 13.4. The highest BCUT2D eigenvalue weighted by molar-refractivity contribution is 9.10. The number of benzene rings is 3. The molecule has 40 heavy (non-hydrogen) atoms. The predicted molar refractivity (Wildman–Crippen MR) is 164 cm³/mol. The first kappa shape index (κ1) is 31.4. The van der Waals surface area contributed by atoms with Gasteiger partial charge in [0.15, 0.2) is 0 Å². The number of hydrogen-bond donors (Lipinski definition) is 1. The monoisotopic (exact) mass is 627 g/mol. The number of amides is 2. The second-order valence-electron chi connectivity index (χ2n) is 10.3. The molecule has 9 heteroatoms. The van der Waals surface area contributed by atoms with E-state index in [-0.39, 0.29) is 37.2 Å². The Morgan fingerprint density at radius 1 is 0.875 bits per heavy atom. The quantitative estimate of drug-likeness (QED) is 0.259. The molecule has 7 nitrogen and oxygen atoms in total. The van der Waals surface area contributed by atoms with Crippen LogP contribution in [0, 0.1) is 5.92 Å². The van der Waals surface area contributed by atoms with Crippen molar-refractivity contribution in [1.82, 2.24) is 10.2 Å². The summed E-state index contributed by atoms with van der Waals surface area (Å²) >= 11 is 3.46. The summed E-state index contributed by atoms with van der Waals surface area (Å²) in [4.78, 5) is 29.0.